The third-order valence-electron chi connectivity index (χ3n) is 4.62. The van der Waals surface area contributed by atoms with Crippen LogP contribution in [0.25, 0.3) is 0 Å². The standard InChI is InChI=1S/C19H20N2O5S/c22-19(21-9-3-4-10-21)15-5-1-2-6-16(15)20-27(23,24)14-7-8-17-18(13-14)26-12-11-25-17/h1-2,5-8,13,20H,3-4,9-12H2. The van der Waals surface area contributed by atoms with E-state index in [9.17, 15) is 13.2 Å². The number of hydrogen-bond acceptors (Lipinski definition) is 5. The normalized spacial score (nSPS) is 16.2. The van der Waals surface area contributed by atoms with Crippen LogP contribution in [0.1, 0.15) is 23.2 Å². The van der Waals surface area contributed by atoms with Gasteiger partial charge in [-0.2, -0.15) is 0 Å². The van der Waals surface area contributed by atoms with E-state index in [0.717, 1.165) is 12.8 Å². The van der Waals surface area contributed by atoms with Crippen molar-refractivity contribution in [3.8, 4) is 11.5 Å². The van der Waals surface area contributed by atoms with Crippen LogP contribution >= 0.6 is 0 Å². The second kappa shape index (κ2) is 7.11. The van der Waals surface area contributed by atoms with E-state index >= 15 is 0 Å². The lowest BCUT2D eigenvalue weighted by Crippen LogP contribution is -2.28. The lowest BCUT2D eigenvalue weighted by Gasteiger charge is -2.20. The van der Waals surface area contributed by atoms with Crippen LogP contribution in [0.5, 0.6) is 11.5 Å². The second-order valence-corrected chi connectivity index (χ2v) is 8.14. The Hall–Kier alpha value is -2.74. The summed E-state index contributed by atoms with van der Waals surface area (Å²) >= 11 is 0. The quantitative estimate of drug-likeness (QED) is 0.870. The van der Waals surface area contributed by atoms with Gasteiger partial charge in [-0.1, -0.05) is 12.1 Å². The van der Waals surface area contributed by atoms with Crippen LogP contribution in [0, 0.1) is 0 Å². The number of hydrogen-bond donors (Lipinski definition) is 1. The highest BCUT2D eigenvalue weighted by atomic mass is 32.2. The van der Waals surface area contributed by atoms with Crippen molar-refractivity contribution in [3.05, 3.63) is 48.0 Å². The van der Waals surface area contributed by atoms with Crippen LogP contribution in [0.4, 0.5) is 5.69 Å². The molecule has 0 aromatic heterocycles. The predicted octanol–water partition coefficient (Wildman–Crippen LogP) is 2.49. The number of nitrogens with zero attached hydrogens (tertiary/aromatic N) is 1. The Bertz CT molecular complexity index is 968. The Morgan fingerprint density at radius 1 is 0.963 bits per heavy atom. The maximum Gasteiger partial charge on any atom is 0.262 e. The lowest BCUT2D eigenvalue weighted by molar-refractivity contribution is 0.0794. The zero-order chi connectivity index (χ0) is 18.9. The van der Waals surface area contributed by atoms with E-state index in [1.807, 2.05) is 0 Å². The highest BCUT2D eigenvalue weighted by Crippen LogP contribution is 2.33. The Morgan fingerprint density at radius 3 is 2.44 bits per heavy atom. The zero-order valence-electron chi connectivity index (χ0n) is 14.7. The molecule has 0 spiro atoms. The fourth-order valence-electron chi connectivity index (χ4n) is 3.24. The molecule has 0 aliphatic carbocycles. The summed E-state index contributed by atoms with van der Waals surface area (Å²) in [6.07, 6.45) is 1.94. The zero-order valence-corrected chi connectivity index (χ0v) is 15.5. The number of benzene rings is 2. The number of rotatable bonds is 4. The molecule has 1 amide bonds. The molecule has 0 saturated carbocycles. The van der Waals surface area contributed by atoms with Crippen LogP contribution in [0.15, 0.2) is 47.4 Å². The lowest BCUT2D eigenvalue weighted by atomic mass is 10.1. The first kappa shape index (κ1) is 17.7. The van der Waals surface area contributed by atoms with Crippen LogP contribution in [0.3, 0.4) is 0 Å². The number of anilines is 1. The average molecular weight is 388 g/mol. The first-order valence-corrected chi connectivity index (χ1v) is 10.3. The average Bonchev–Trinajstić information content (AvgIpc) is 3.22. The SMILES string of the molecule is O=C(c1ccccc1NS(=O)(=O)c1ccc2c(c1)OCCO2)N1CCCC1. The number of amides is 1. The van der Waals surface area contributed by atoms with Crippen LogP contribution in [-0.2, 0) is 10.0 Å². The number of para-hydroxylation sites is 1. The Morgan fingerprint density at radius 2 is 1.67 bits per heavy atom. The van der Waals surface area contributed by atoms with Gasteiger partial charge in [0.25, 0.3) is 15.9 Å². The van der Waals surface area contributed by atoms with E-state index in [-0.39, 0.29) is 16.5 Å². The molecule has 7 nitrogen and oxygen atoms in total. The van der Waals surface area contributed by atoms with Gasteiger partial charge in [0, 0.05) is 19.2 Å². The molecule has 2 aliphatic rings. The maximum absolute atomic E-state index is 12.9. The summed E-state index contributed by atoms with van der Waals surface area (Å²) < 4.78 is 39.1. The van der Waals surface area contributed by atoms with Crippen molar-refractivity contribution in [2.75, 3.05) is 31.0 Å². The van der Waals surface area contributed by atoms with E-state index in [1.165, 1.54) is 12.1 Å². The van der Waals surface area contributed by atoms with Crippen molar-refractivity contribution < 1.29 is 22.7 Å². The molecule has 2 aromatic carbocycles. The van der Waals surface area contributed by atoms with Crippen molar-refractivity contribution in [3.63, 3.8) is 0 Å². The Labute approximate surface area is 157 Å². The van der Waals surface area contributed by atoms with Gasteiger partial charge in [0.15, 0.2) is 11.5 Å². The summed E-state index contributed by atoms with van der Waals surface area (Å²) in [5.41, 5.74) is 0.616. The maximum atomic E-state index is 12.9. The molecule has 142 valence electrons. The topological polar surface area (TPSA) is 84.9 Å². The molecule has 8 heteroatoms. The molecule has 0 radical (unpaired) electrons. The van der Waals surface area contributed by atoms with E-state index in [1.54, 1.807) is 35.2 Å². The van der Waals surface area contributed by atoms with E-state index in [0.29, 0.717) is 43.4 Å². The molecule has 27 heavy (non-hydrogen) atoms. The Kier molecular flexibility index (Phi) is 4.65. The minimum atomic E-state index is -3.88. The van der Waals surface area contributed by atoms with Crippen molar-refractivity contribution in [2.24, 2.45) is 0 Å². The molecule has 0 bridgehead atoms. The van der Waals surface area contributed by atoms with Gasteiger partial charge in [0.2, 0.25) is 0 Å². The van der Waals surface area contributed by atoms with Crippen molar-refractivity contribution >= 4 is 21.6 Å². The summed E-state index contributed by atoms with van der Waals surface area (Å²) in [5.74, 6) is 0.753. The highest BCUT2D eigenvalue weighted by molar-refractivity contribution is 7.92. The molecule has 4 rings (SSSR count). The van der Waals surface area contributed by atoms with Crippen molar-refractivity contribution in [1.29, 1.82) is 0 Å². The fourth-order valence-corrected chi connectivity index (χ4v) is 4.34. The van der Waals surface area contributed by atoms with Gasteiger partial charge in [0.1, 0.15) is 13.2 Å². The highest BCUT2D eigenvalue weighted by Gasteiger charge is 2.25. The molecule has 0 unspecified atom stereocenters. The van der Waals surface area contributed by atoms with Gasteiger partial charge in [-0.05, 0) is 37.1 Å². The molecular weight excluding hydrogens is 368 g/mol. The molecule has 0 atom stereocenters. The van der Waals surface area contributed by atoms with Crippen LogP contribution < -0.4 is 14.2 Å². The number of likely N-dealkylation sites (tertiary alicyclic amines) is 1. The number of sulfonamides is 1. The summed E-state index contributed by atoms with van der Waals surface area (Å²) in [5, 5.41) is 0. The van der Waals surface area contributed by atoms with Gasteiger partial charge in [-0.15, -0.1) is 0 Å². The number of fused-ring (bicyclic) bond motifs is 1. The van der Waals surface area contributed by atoms with Crippen molar-refractivity contribution in [2.45, 2.75) is 17.7 Å². The van der Waals surface area contributed by atoms with E-state index in [2.05, 4.69) is 4.72 Å². The number of carbonyl (C=O) groups is 1. The molecular formula is C19H20N2O5S. The summed E-state index contributed by atoms with van der Waals surface area (Å²) in [6, 6.07) is 11.1. The third kappa shape index (κ3) is 3.57. The minimum Gasteiger partial charge on any atom is -0.486 e. The van der Waals surface area contributed by atoms with Gasteiger partial charge >= 0.3 is 0 Å². The number of nitrogens with one attached hydrogen (secondary N) is 1. The van der Waals surface area contributed by atoms with Gasteiger partial charge in [-0.3, -0.25) is 9.52 Å². The summed E-state index contributed by atoms with van der Waals surface area (Å²) in [6.45, 7) is 2.20. The first-order valence-electron chi connectivity index (χ1n) is 8.85. The van der Waals surface area contributed by atoms with Gasteiger partial charge in [-0.25, -0.2) is 8.42 Å². The van der Waals surface area contributed by atoms with Gasteiger partial charge in [0.05, 0.1) is 16.1 Å². The van der Waals surface area contributed by atoms with Gasteiger partial charge < -0.3 is 14.4 Å². The molecule has 1 fully saturated rings. The largest absolute Gasteiger partial charge is 0.486 e. The Balaban J connectivity index is 1.62. The molecule has 1 saturated heterocycles. The number of ether oxygens (including phenoxy) is 2. The van der Waals surface area contributed by atoms with Crippen LogP contribution in [-0.4, -0.2) is 45.5 Å². The molecule has 2 aromatic rings. The fraction of sp³-hybridized carbons (Fsp3) is 0.316. The summed E-state index contributed by atoms with van der Waals surface area (Å²) in [7, 11) is -3.88. The number of carbonyl (C=O) groups excluding carboxylic acids is 1. The predicted molar refractivity (Wildman–Crippen MR) is 99.8 cm³/mol. The van der Waals surface area contributed by atoms with E-state index in [4.69, 9.17) is 9.47 Å². The molecule has 2 aliphatic heterocycles. The van der Waals surface area contributed by atoms with Crippen molar-refractivity contribution in [1.82, 2.24) is 4.90 Å². The van der Waals surface area contributed by atoms with Crippen LogP contribution in [0.2, 0.25) is 0 Å². The summed E-state index contributed by atoms with van der Waals surface area (Å²) in [4.78, 5) is 14.5. The third-order valence-corrected chi connectivity index (χ3v) is 5.98. The van der Waals surface area contributed by atoms with E-state index < -0.39 is 10.0 Å². The molecule has 2 heterocycles. The smallest absolute Gasteiger partial charge is 0.262 e. The molecule has 1 N–H and O–H groups in total. The monoisotopic (exact) mass is 388 g/mol. The second-order valence-electron chi connectivity index (χ2n) is 6.46. The first-order chi connectivity index (χ1) is 13.0. The minimum absolute atomic E-state index is 0.0511.